The van der Waals surface area contributed by atoms with Crippen LogP contribution in [-0.4, -0.2) is 17.4 Å². The first-order valence-corrected chi connectivity index (χ1v) is 6.09. The van der Waals surface area contributed by atoms with Crippen LogP contribution in [0.25, 0.3) is 0 Å². The van der Waals surface area contributed by atoms with Crippen molar-refractivity contribution in [1.29, 1.82) is 0 Å². The number of carbonyl (C=O) groups is 1. The molecule has 2 rings (SSSR count). The fourth-order valence-corrected chi connectivity index (χ4v) is 2.55. The number of hydrogen-bond acceptors (Lipinski definition) is 1. The molecule has 0 aromatic heterocycles. The summed E-state index contributed by atoms with van der Waals surface area (Å²) >= 11 is 0. The number of amides is 1. The SMILES string of the molecule is CCC(=O)N1CCCC1c1ccccc1C. The van der Waals surface area contributed by atoms with Crippen LogP contribution < -0.4 is 0 Å². The van der Waals surface area contributed by atoms with Gasteiger partial charge in [0.05, 0.1) is 6.04 Å². The smallest absolute Gasteiger partial charge is 0.222 e. The molecule has 1 aliphatic heterocycles. The second-order valence-corrected chi connectivity index (χ2v) is 4.46. The lowest BCUT2D eigenvalue weighted by atomic mass is 9.99. The first-order chi connectivity index (χ1) is 7.74. The predicted molar refractivity (Wildman–Crippen MR) is 65.2 cm³/mol. The van der Waals surface area contributed by atoms with Crippen LogP contribution in [0.2, 0.25) is 0 Å². The van der Waals surface area contributed by atoms with Gasteiger partial charge in [0.1, 0.15) is 0 Å². The summed E-state index contributed by atoms with van der Waals surface area (Å²) in [6.45, 7) is 4.99. The Hall–Kier alpha value is -1.31. The molecule has 0 aliphatic carbocycles. The zero-order valence-corrected chi connectivity index (χ0v) is 10.1. The molecule has 2 heteroatoms. The first kappa shape index (κ1) is 11.2. The Bertz CT molecular complexity index is 386. The van der Waals surface area contributed by atoms with Gasteiger partial charge in [-0.15, -0.1) is 0 Å². The number of aryl methyl sites for hydroxylation is 1. The summed E-state index contributed by atoms with van der Waals surface area (Å²) in [5.74, 6) is 0.283. The number of benzene rings is 1. The van der Waals surface area contributed by atoms with Crippen molar-refractivity contribution in [3.8, 4) is 0 Å². The average molecular weight is 217 g/mol. The van der Waals surface area contributed by atoms with E-state index >= 15 is 0 Å². The van der Waals surface area contributed by atoms with Crippen LogP contribution in [0.5, 0.6) is 0 Å². The van der Waals surface area contributed by atoms with Crippen molar-refractivity contribution in [3.05, 3.63) is 35.4 Å². The van der Waals surface area contributed by atoms with E-state index in [-0.39, 0.29) is 5.91 Å². The minimum Gasteiger partial charge on any atom is -0.336 e. The maximum Gasteiger partial charge on any atom is 0.222 e. The summed E-state index contributed by atoms with van der Waals surface area (Å²) in [6, 6.07) is 8.71. The third-order valence-corrected chi connectivity index (χ3v) is 3.42. The van der Waals surface area contributed by atoms with Crippen LogP contribution in [0.15, 0.2) is 24.3 Å². The molecule has 16 heavy (non-hydrogen) atoms. The van der Waals surface area contributed by atoms with Crippen molar-refractivity contribution < 1.29 is 4.79 Å². The molecular weight excluding hydrogens is 198 g/mol. The molecule has 1 aromatic rings. The monoisotopic (exact) mass is 217 g/mol. The maximum absolute atomic E-state index is 11.8. The Kier molecular flexibility index (Phi) is 3.28. The Balaban J connectivity index is 2.27. The molecule has 1 unspecified atom stereocenters. The maximum atomic E-state index is 11.8. The highest BCUT2D eigenvalue weighted by molar-refractivity contribution is 5.76. The lowest BCUT2D eigenvalue weighted by molar-refractivity contribution is -0.131. The lowest BCUT2D eigenvalue weighted by Crippen LogP contribution is -2.30. The number of rotatable bonds is 2. The van der Waals surface area contributed by atoms with Gasteiger partial charge in [-0.05, 0) is 30.9 Å². The van der Waals surface area contributed by atoms with Gasteiger partial charge < -0.3 is 4.90 Å². The Labute approximate surface area is 97.3 Å². The fourth-order valence-electron chi connectivity index (χ4n) is 2.55. The molecule has 0 N–H and O–H groups in total. The van der Waals surface area contributed by atoms with Crippen LogP contribution in [-0.2, 0) is 4.79 Å². The van der Waals surface area contributed by atoms with E-state index in [1.165, 1.54) is 11.1 Å². The first-order valence-electron chi connectivity index (χ1n) is 6.09. The number of carbonyl (C=O) groups excluding carboxylic acids is 1. The second-order valence-electron chi connectivity index (χ2n) is 4.46. The summed E-state index contributed by atoms with van der Waals surface area (Å²) < 4.78 is 0. The highest BCUT2D eigenvalue weighted by Gasteiger charge is 2.29. The highest BCUT2D eigenvalue weighted by Crippen LogP contribution is 2.33. The van der Waals surface area contributed by atoms with E-state index in [2.05, 4.69) is 31.2 Å². The van der Waals surface area contributed by atoms with Gasteiger partial charge in [-0.1, -0.05) is 31.2 Å². The van der Waals surface area contributed by atoms with E-state index in [0.717, 1.165) is 19.4 Å². The van der Waals surface area contributed by atoms with E-state index in [1.807, 2.05) is 11.8 Å². The quantitative estimate of drug-likeness (QED) is 0.745. The molecule has 1 aromatic carbocycles. The van der Waals surface area contributed by atoms with Crippen molar-refractivity contribution in [1.82, 2.24) is 4.90 Å². The van der Waals surface area contributed by atoms with Crippen molar-refractivity contribution in [2.75, 3.05) is 6.54 Å². The number of nitrogens with zero attached hydrogens (tertiary/aromatic N) is 1. The Morgan fingerprint density at radius 2 is 2.19 bits per heavy atom. The fraction of sp³-hybridized carbons (Fsp3) is 0.500. The summed E-state index contributed by atoms with van der Waals surface area (Å²) in [7, 11) is 0. The van der Waals surface area contributed by atoms with Crippen LogP contribution in [0.3, 0.4) is 0 Å². The van der Waals surface area contributed by atoms with Crippen LogP contribution in [0.4, 0.5) is 0 Å². The normalized spacial score (nSPS) is 20.1. The Morgan fingerprint density at radius 1 is 1.44 bits per heavy atom. The molecular formula is C14H19NO. The molecule has 1 amide bonds. The molecule has 1 saturated heterocycles. The van der Waals surface area contributed by atoms with Gasteiger partial charge in [0.2, 0.25) is 5.91 Å². The van der Waals surface area contributed by atoms with Gasteiger partial charge in [-0.3, -0.25) is 4.79 Å². The van der Waals surface area contributed by atoms with E-state index in [4.69, 9.17) is 0 Å². The van der Waals surface area contributed by atoms with Gasteiger partial charge in [0.15, 0.2) is 0 Å². The Morgan fingerprint density at radius 3 is 2.88 bits per heavy atom. The van der Waals surface area contributed by atoms with E-state index in [1.54, 1.807) is 0 Å². The molecule has 86 valence electrons. The summed E-state index contributed by atoms with van der Waals surface area (Å²) in [6.07, 6.45) is 2.85. The van der Waals surface area contributed by atoms with Gasteiger partial charge in [-0.2, -0.15) is 0 Å². The molecule has 1 aliphatic rings. The lowest BCUT2D eigenvalue weighted by Gasteiger charge is -2.25. The van der Waals surface area contributed by atoms with Crippen molar-refractivity contribution in [3.63, 3.8) is 0 Å². The van der Waals surface area contributed by atoms with E-state index in [0.29, 0.717) is 12.5 Å². The topological polar surface area (TPSA) is 20.3 Å². The van der Waals surface area contributed by atoms with Gasteiger partial charge in [0, 0.05) is 13.0 Å². The van der Waals surface area contributed by atoms with Crippen LogP contribution in [0, 0.1) is 6.92 Å². The minimum absolute atomic E-state index is 0.283. The molecule has 0 saturated carbocycles. The van der Waals surface area contributed by atoms with Crippen molar-refractivity contribution in [2.45, 2.75) is 39.2 Å². The minimum atomic E-state index is 0.283. The van der Waals surface area contributed by atoms with Crippen molar-refractivity contribution in [2.24, 2.45) is 0 Å². The molecule has 2 nitrogen and oxygen atoms in total. The standard InChI is InChI=1S/C14H19NO/c1-3-14(16)15-10-6-9-13(15)12-8-5-4-7-11(12)2/h4-5,7-8,13H,3,6,9-10H2,1-2H3. The molecule has 1 heterocycles. The zero-order valence-electron chi connectivity index (χ0n) is 10.1. The van der Waals surface area contributed by atoms with E-state index < -0.39 is 0 Å². The number of likely N-dealkylation sites (tertiary alicyclic amines) is 1. The molecule has 0 spiro atoms. The molecule has 0 bridgehead atoms. The molecule has 1 atom stereocenters. The average Bonchev–Trinajstić information content (AvgIpc) is 2.77. The summed E-state index contributed by atoms with van der Waals surface area (Å²) in [5, 5.41) is 0. The molecule has 0 radical (unpaired) electrons. The zero-order chi connectivity index (χ0) is 11.5. The second kappa shape index (κ2) is 4.69. The predicted octanol–water partition coefficient (Wildman–Crippen LogP) is 3.07. The van der Waals surface area contributed by atoms with E-state index in [9.17, 15) is 4.79 Å². The van der Waals surface area contributed by atoms with Gasteiger partial charge >= 0.3 is 0 Å². The highest BCUT2D eigenvalue weighted by atomic mass is 16.2. The number of hydrogen-bond donors (Lipinski definition) is 0. The summed E-state index contributed by atoms with van der Waals surface area (Å²) in [4.78, 5) is 13.9. The largest absolute Gasteiger partial charge is 0.336 e. The van der Waals surface area contributed by atoms with Crippen LogP contribution >= 0.6 is 0 Å². The summed E-state index contributed by atoms with van der Waals surface area (Å²) in [5.41, 5.74) is 2.62. The third-order valence-electron chi connectivity index (χ3n) is 3.42. The van der Waals surface area contributed by atoms with Crippen molar-refractivity contribution >= 4 is 5.91 Å². The van der Waals surface area contributed by atoms with Gasteiger partial charge in [-0.25, -0.2) is 0 Å². The molecule has 1 fully saturated rings. The van der Waals surface area contributed by atoms with Gasteiger partial charge in [0.25, 0.3) is 0 Å². The van der Waals surface area contributed by atoms with Crippen LogP contribution in [0.1, 0.15) is 43.4 Å². The third kappa shape index (κ3) is 1.97.